The van der Waals surface area contributed by atoms with Crippen LogP contribution in [0.2, 0.25) is 0 Å². The molecule has 4 rings (SSSR count). The molecule has 0 saturated carbocycles. The normalized spacial score (nSPS) is 10.8. The molecule has 0 atom stereocenters. The van der Waals surface area contributed by atoms with Gasteiger partial charge in [0.2, 0.25) is 0 Å². The van der Waals surface area contributed by atoms with E-state index in [1.165, 1.54) is 11.3 Å². The second-order valence-electron chi connectivity index (χ2n) is 7.39. The molecule has 0 bridgehead atoms. The Morgan fingerprint density at radius 1 is 1.16 bits per heavy atom. The molecule has 0 radical (unpaired) electrons. The number of furan rings is 1. The number of hydrogen-bond acceptors (Lipinski definition) is 6. The van der Waals surface area contributed by atoms with Crippen molar-refractivity contribution in [3.8, 4) is 6.07 Å². The van der Waals surface area contributed by atoms with Crippen LogP contribution in [0.25, 0.3) is 10.1 Å². The molecule has 1 amide bonds. The summed E-state index contributed by atoms with van der Waals surface area (Å²) in [7, 11) is 0. The molecule has 0 saturated heterocycles. The Morgan fingerprint density at radius 2 is 1.94 bits per heavy atom. The van der Waals surface area contributed by atoms with Crippen LogP contribution in [0.5, 0.6) is 0 Å². The predicted octanol–water partition coefficient (Wildman–Crippen LogP) is 4.94. The number of thiophene rings is 1. The quantitative estimate of drug-likeness (QED) is 0.423. The lowest BCUT2D eigenvalue weighted by atomic mass is 10.1. The smallest absolute Gasteiger partial charge is 0.349 e. The van der Waals surface area contributed by atoms with Crippen molar-refractivity contribution in [2.24, 2.45) is 0 Å². The van der Waals surface area contributed by atoms with Gasteiger partial charge in [-0.15, -0.1) is 11.3 Å². The maximum atomic E-state index is 12.6. The monoisotopic (exact) mass is 447 g/mol. The summed E-state index contributed by atoms with van der Waals surface area (Å²) in [5.41, 5.74) is 2.81. The first-order valence-electron chi connectivity index (χ1n) is 9.98. The van der Waals surface area contributed by atoms with Crippen LogP contribution in [0.1, 0.15) is 37.8 Å². The third-order valence-electron chi connectivity index (χ3n) is 5.46. The van der Waals surface area contributed by atoms with Gasteiger partial charge < -0.3 is 19.0 Å². The van der Waals surface area contributed by atoms with Crippen molar-refractivity contribution in [2.45, 2.75) is 27.3 Å². The van der Waals surface area contributed by atoms with Crippen molar-refractivity contribution >= 4 is 39.1 Å². The molecule has 7 nitrogen and oxygen atoms in total. The summed E-state index contributed by atoms with van der Waals surface area (Å²) in [6.45, 7) is 5.46. The number of aromatic nitrogens is 1. The Bertz CT molecular complexity index is 1360. The number of amides is 1. The van der Waals surface area contributed by atoms with E-state index < -0.39 is 18.5 Å². The number of carbonyl (C=O) groups is 2. The number of anilines is 1. The minimum Gasteiger partial charge on any atom is -0.467 e. The number of benzene rings is 1. The van der Waals surface area contributed by atoms with Gasteiger partial charge in [-0.05, 0) is 55.5 Å². The highest BCUT2D eigenvalue weighted by Gasteiger charge is 2.22. The van der Waals surface area contributed by atoms with Crippen LogP contribution in [-0.4, -0.2) is 23.1 Å². The molecule has 0 aliphatic heterocycles. The Kier molecular flexibility index (Phi) is 5.84. The van der Waals surface area contributed by atoms with Gasteiger partial charge in [-0.1, -0.05) is 18.2 Å². The molecule has 4 aromatic rings. The molecule has 1 aromatic carbocycles. The topological polar surface area (TPSA) is 97.3 Å². The Balaban J connectivity index is 1.50. The van der Waals surface area contributed by atoms with Crippen LogP contribution in [0.15, 0.2) is 47.1 Å². The lowest BCUT2D eigenvalue weighted by molar-refractivity contribution is -0.119. The number of esters is 1. The van der Waals surface area contributed by atoms with E-state index in [1.54, 1.807) is 12.3 Å². The second kappa shape index (κ2) is 8.73. The Labute approximate surface area is 188 Å². The van der Waals surface area contributed by atoms with Crippen LogP contribution in [0.4, 0.5) is 5.82 Å². The van der Waals surface area contributed by atoms with Gasteiger partial charge in [0.15, 0.2) is 6.61 Å². The summed E-state index contributed by atoms with van der Waals surface area (Å²) < 4.78 is 13.5. The summed E-state index contributed by atoms with van der Waals surface area (Å²) in [6, 6.07) is 13.5. The van der Waals surface area contributed by atoms with Gasteiger partial charge in [-0.25, -0.2) is 4.79 Å². The van der Waals surface area contributed by atoms with Crippen molar-refractivity contribution in [1.29, 1.82) is 5.26 Å². The van der Waals surface area contributed by atoms with E-state index in [0.29, 0.717) is 28.6 Å². The number of nitrogens with one attached hydrogen (secondary N) is 1. The number of hydrogen-bond donors (Lipinski definition) is 1. The molecular weight excluding hydrogens is 426 g/mol. The summed E-state index contributed by atoms with van der Waals surface area (Å²) in [4.78, 5) is 25.7. The summed E-state index contributed by atoms with van der Waals surface area (Å²) in [6.07, 6.45) is 1.57. The minimum atomic E-state index is -0.544. The minimum absolute atomic E-state index is 0.359. The third-order valence-corrected chi connectivity index (χ3v) is 6.71. The molecular formula is C24H21N3O4S. The van der Waals surface area contributed by atoms with E-state index >= 15 is 0 Å². The number of nitriles is 1. The van der Waals surface area contributed by atoms with Gasteiger partial charge in [0.1, 0.15) is 22.5 Å². The lowest BCUT2D eigenvalue weighted by Crippen LogP contribution is -2.23. The van der Waals surface area contributed by atoms with Crippen LogP contribution in [-0.2, 0) is 16.1 Å². The van der Waals surface area contributed by atoms with Crippen LogP contribution in [0, 0.1) is 32.1 Å². The lowest BCUT2D eigenvalue weighted by Gasteiger charge is -2.12. The van der Waals surface area contributed by atoms with E-state index in [4.69, 9.17) is 9.15 Å². The van der Waals surface area contributed by atoms with E-state index in [0.717, 1.165) is 26.9 Å². The van der Waals surface area contributed by atoms with E-state index in [9.17, 15) is 14.9 Å². The number of carbonyl (C=O) groups excluding carboxylic acids is 2. The van der Waals surface area contributed by atoms with E-state index in [1.807, 2.05) is 55.7 Å². The highest BCUT2D eigenvalue weighted by molar-refractivity contribution is 7.21. The fourth-order valence-electron chi connectivity index (χ4n) is 3.62. The summed E-state index contributed by atoms with van der Waals surface area (Å²) >= 11 is 1.34. The Morgan fingerprint density at radius 3 is 2.62 bits per heavy atom. The highest BCUT2D eigenvalue weighted by Crippen LogP contribution is 2.31. The standard InChI is InChI=1S/C24H21N3O4S/c1-14-16(3)27(12-17-7-6-10-30-17)23(19(14)11-25)26-21(28)13-31-24(29)22-15(2)18-8-4-5-9-20(18)32-22/h4-10H,12-13H2,1-3H3,(H,26,28). The van der Waals surface area contributed by atoms with Gasteiger partial charge in [-0.2, -0.15) is 5.26 Å². The van der Waals surface area contributed by atoms with Crippen LogP contribution in [0.3, 0.4) is 0 Å². The van der Waals surface area contributed by atoms with Gasteiger partial charge in [0.05, 0.1) is 18.4 Å². The zero-order chi connectivity index (χ0) is 22.8. The highest BCUT2D eigenvalue weighted by atomic mass is 32.1. The number of fused-ring (bicyclic) bond motifs is 1. The van der Waals surface area contributed by atoms with Crippen LogP contribution >= 0.6 is 11.3 Å². The number of rotatable bonds is 6. The molecule has 8 heteroatoms. The molecule has 0 fully saturated rings. The zero-order valence-electron chi connectivity index (χ0n) is 17.9. The van der Waals surface area contributed by atoms with Gasteiger partial charge in [0.25, 0.3) is 5.91 Å². The first kappa shape index (κ1) is 21.4. The molecule has 0 aliphatic carbocycles. The first-order chi connectivity index (χ1) is 15.4. The maximum absolute atomic E-state index is 12.6. The van der Waals surface area contributed by atoms with E-state index in [2.05, 4.69) is 11.4 Å². The molecule has 3 heterocycles. The molecule has 162 valence electrons. The van der Waals surface area contributed by atoms with Crippen molar-refractivity contribution in [1.82, 2.24) is 4.57 Å². The molecule has 1 N–H and O–H groups in total. The van der Waals surface area contributed by atoms with E-state index in [-0.39, 0.29) is 0 Å². The predicted molar refractivity (Wildman–Crippen MR) is 122 cm³/mol. The summed E-state index contributed by atoms with van der Waals surface area (Å²) in [5.74, 6) is -0.0164. The average molecular weight is 448 g/mol. The third kappa shape index (κ3) is 3.90. The van der Waals surface area contributed by atoms with Gasteiger partial charge in [0, 0.05) is 10.4 Å². The fourth-order valence-corrected chi connectivity index (χ4v) is 4.72. The van der Waals surface area contributed by atoms with Crippen molar-refractivity contribution in [3.63, 3.8) is 0 Å². The first-order valence-corrected chi connectivity index (χ1v) is 10.8. The molecule has 0 unspecified atom stereocenters. The molecule has 0 aliphatic rings. The van der Waals surface area contributed by atoms with Gasteiger partial charge in [-0.3, -0.25) is 4.79 Å². The van der Waals surface area contributed by atoms with Crippen molar-refractivity contribution in [3.05, 3.63) is 75.7 Å². The maximum Gasteiger partial charge on any atom is 0.349 e. The molecule has 0 spiro atoms. The number of nitrogens with zero attached hydrogens (tertiary/aromatic N) is 2. The summed E-state index contributed by atoms with van der Waals surface area (Å²) in [5, 5.41) is 13.4. The fraction of sp³-hybridized carbons (Fsp3) is 0.208. The zero-order valence-corrected chi connectivity index (χ0v) is 18.7. The number of ether oxygens (including phenoxy) is 1. The SMILES string of the molecule is Cc1c(C#N)c(NC(=O)COC(=O)c2sc3ccccc3c2C)n(Cc2ccco2)c1C. The van der Waals surface area contributed by atoms with Crippen LogP contribution < -0.4 is 5.32 Å². The number of aryl methyl sites for hydroxylation is 1. The van der Waals surface area contributed by atoms with Gasteiger partial charge >= 0.3 is 5.97 Å². The Hall–Kier alpha value is -3.83. The molecule has 32 heavy (non-hydrogen) atoms. The molecule has 3 aromatic heterocycles. The largest absolute Gasteiger partial charge is 0.467 e. The van der Waals surface area contributed by atoms with Crippen molar-refractivity contribution < 1.29 is 18.7 Å². The van der Waals surface area contributed by atoms with Crippen molar-refractivity contribution in [2.75, 3.05) is 11.9 Å². The second-order valence-corrected chi connectivity index (χ2v) is 8.44. The average Bonchev–Trinajstić information content (AvgIpc) is 3.48.